The lowest BCUT2D eigenvalue weighted by Crippen LogP contribution is -2.20. The van der Waals surface area contributed by atoms with Gasteiger partial charge in [-0.05, 0) is 11.6 Å². The van der Waals surface area contributed by atoms with Crippen molar-refractivity contribution in [3.05, 3.63) is 53.9 Å². The van der Waals surface area contributed by atoms with Gasteiger partial charge in [-0.2, -0.15) is 9.78 Å². The molecule has 0 aliphatic rings. The highest BCUT2D eigenvalue weighted by Gasteiger charge is 2.12. The lowest BCUT2D eigenvalue weighted by Gasteiger charge is -2.02. The predicted octanol–water partition coefficient (Wildman–Crippen LogP) is 1.21. The molecule has 98 valence electrons. The molecule has 0 atom stereocenters. The van der Waals surface area contributed by atoms with E-state index in [2.05, 4.69) is 5.10 Å². The van der Waals surface area contributed by atoms with Crippen LogP contribution in [-0.2, 0) is 11.2 Å². The fourth-order valence-corrected chi connectivity index (χ4v) is 1.54. The highest BCUT2D eigenvalue weighted by atomic mass is 16.5. The van der Waals surface area contributed by atoms with Crippen LogP contribution in [0.4, 0.5) is 4.79 Å². The van der Waals surface area contributed by atoms with Gasteiger partial charge in [0.2, 0.25) is 0 Å². The Labute approximate surface area is 109 Å². The zero-order chi connectivity index (χ0) is 13.7. The number of amides is 1. The summed E-state index contributed by atoms with van der Waals surface area (Å²) < 4.78 is 5.94. The molecule has 2 aromatic rings. The van der Waals surface area contributed by atoms with E-state index in [1.54, 1.807) is 0 Å². The molecule has 0 aliphatic heterocycles. The second-order valence-corrected chi connectivity index (χ2v) is 3.86. The van der Waals surface area contributed by atoms with Crippen LogP contribution < -0.4 is 5.73 Å². The minimum atomic E-state index is -0.747. The van der Waals surface area contributed by atoms with Gasteiger partial charge in [0.25, 0.3) is 0 Å². The third-order valence-electron chi connectivity index (χ3n) is 2.49. The van der Waals surface area contributed by atoms with Crippen molar-refractivity contribution in [1.29, 1.82) is 0 Å². The van der Waals surface area contributed by atoms with Gasteiger partial charge in [-0.25, -0.2) is 9.59 Å². The second kappa shape index (κ2) is 5.81. The van der Waals surface area contributed by atoms with Crippen molar-refractivity contribution in [2.24, 2.45) is 5.73 Å². The Hall–Kier alpha value is -2.63. The van der Waals surface area contributed by atoms with Gasteiger partial charge in [0.15, 0.2) is 5.69 Å². The Balaban J connectivity index is 1.85. The summed E-state index contributed by atoms with van der Waals surface area (Å²) >= 11 is 0. The van der Waals surface area contributed by atoms with Crippen molar-refractivity contribution in [3.63, 3.8) is 0 Å². The Morgan fingerprint density at radius 3 is 2.58 bits per heavy atom. The molecule has 1 aromatic carbocycles. The van der Waals surface area contributed by atoms with Gasteiger partial charge in [0.1, 0.15) is 0 Å². The average Bonchev–Trinajstić information content (AvgIpc) is 2.89. The maximum Gasteiger partial charge on any atom is 0.358 e. The SMILES string of the molecule is NC(=O)n1ccc(C(=O)OCCc2ccccc2)n1. The molecule has 6 heteroatoms. The molecule has 0 radical (unpaired) electrons. The second-order valence-electron chi connectivity index (χ2n) is 3.86. The molecule has 1 amide bonds. The molecule has 6 nitrogen and oxygen atoms in total. The monoisotopic (exact) mass is 259 g/mol. The third kappa shape index (κ3) is 3.41. The van der Waals surface area contributed by atoms with E-state index >= 15 is 0 Å². The van der Waals surface area contributed by atoms with Gasteiger partial charge in [-0.1, -0.05) is 30.3 Å². The molecule has 0 fully saturated rings. The molecule has 2 rings (SSSR count). The molecule has 1 aromatic heterocycles. The number of carbonyl (C=O) groups excluding carboxylic acids is 2. The fourth-order valence-electron chi connectivity index (χ4n) is 1.54. The first kappa shape index (κ1) is 12.8. The van der Waals surface area contributed by atoms with Crippen LogP contribution in [0.5, 0.6) is 0 Å². The number of carbonyl (C=O) groups is 2. The quantitative estimate of drug-likeness (QED) is 0.836. The van der Waals surface area contributed by atoms with Crippen molar-refractivity contribution in [2.75, 3.05) is 6.61 Å². The Bertz CT molecular complexity index is 578. The van der Waals surface area contributed by atoms with Crippen LogP contribution in [0.2, 0.25) is 0 Å². The average molecular weight is 259 g/mol. The van der Waals surface area contributed by atoms with Crippen LogP contribution in [0.25, 0.3) is 0 Å². The molecular formula is C13H13N3O3. The van der Waals surface area contributed by atoms with Crippen LogP contribution in [0.1, 0.15) is 16.1 Å². The number of nitrogens with two attached hydrogens (primary N) is 1. The highest BCUT2D eigenvalue weighted by Crippen LogP contribution is 2.02. The first-order valence-corrected chi connectivity index (χ1v) is 5.73. The van der Waals surface area contributed by atoms with Crippen LogP contribution in [-0.4, -0.2) is 28.4 Å². The van der Waals surface area contributed by atoms with Gasteiger partial charge >= 0.3 is 12.0 Å². The van der Waals surface area contributed by atoms with Crippen molar-refractivity contribution in [2.45, 2.75) is 6.42 Å². The van der Waals surface area contributed by atoms with Crippen LogP contribution in [0, 0.1) is 0 Å². The number of benzene rings is 1. The van der Waals surface area contributed by atoms with Crippen molar-refractivity contribution < 1.29 is 14.3 Å². The summed E-state index contributed by atoms with van der Waals surface area (Å²) in [7, 11) is 0. The number of rotatable bonds is 4. The topological polar surface area (TPSA) is 87.2 Å². The maximum absolute atomic E-state index is 11.6. The predicted molar refractivity (Wildman–Crippen MR) is 67.6 cm³/mol. The molecule has 0 saturated carbocycles. The number of primary amides is 1. The first-order chi connectivity index (χ1) is 9.16. The number of hydrogen-bond donors (Lipinski definition) is 1. The number of nitrogens with zero attached hydrogens (tertiary/aromatic N) is 2. The van der Waals surface area contributed by atoms with Gasteiger partial charge in [0, 0.05) is 12.6 Å². The van der Waals surface area contributed by atoms with Gasteiger partial charge in [-0.15, -0.1) is 0 Å². The molecule has 0 bridgehead atoms. The standard InChI is InChI=1S/C13H13N3O3/c14-13(18)16-8-6-11(15-16)12(17)19-9-7-10-4-2-1-3-5-10/h1-6,8H,7,9H2,(H2,14,18). The van der Waals surface area contributed by atoms with E-state index in [1.165, 1.54) is 12.3 Å². The van der Waals surface area contributed by atoms with Crippen LogP contribution in [0.3, 0.4) is 0 Å². The molecule has 1 heterocycles. The van der Waals surface area contributed by atoms with E-state index < -0.39 is 12.0 Å². The Morgan fingerprint density at radius 2 is 1.95 bits per heavy atom. The first-order valence-electron chi connectivity index (χ1n) is 5.73. The zero-order valence-corrected chi connectivity index (χ0v) is 10.2. The van der Waals surface area contributed by atoms with Crippen molar-refractivity contribution >= 4 is 12.0 Å². The van der Waals surface area contributed by atoms with E-state index in [0.29, 0.717) is 6.42 Å². The molecule has 19 heavy (non-hydrogen) atoms. The summed E-state index contributed by atoms with van der Waals surface area (Å²) in [6.45, 7) is 0.256. The number of hydrogen-bond acceptors (Lipinski definition) is 4. The molecule has 0 unspecified atom stereocenters. The van der Waals surface area contributed by atoms with E-state index in [4.69, 9.17) is 10.5 Å². The van der Waals surface area contributed by atoms with Gasteiger partial charge in [-0.3, -0.25) is 0 Å². The van der Waals surface area contributed by atoms with Crippen LogP contribution in [0.15, 0.2) is 42.6 Å². The van der Waals surface area contributed by atoms with E-state index in [-0.39, 0.29) is 12.3 Å². The van der Waals surface area contributed by atoms with E-state index in [9.17, 15) is 9.59 Å². The minimum Gasteiger partial charge on any atom is -0.461 e. The van der Waals surface area contributed by atoms with Crippen molar-refractivity contribution in [1.82, 2.24) is 9.78 Å². The molecule has 0 spiro atoms. The van der Waals surface area contributed by atoms with Gasteiger partial charge in [0.05, 0.1) is 6.61 Å². The molecule has 0 saturated heterocycles. The summed E-state index contributed by atoms with van der Waals surface area (Å²) in [5, 5.41) is 3.70. The molecule has 0 aliphatic carbocycles. The summed E-state index contributed by atoms with van der Waals surface area (Å²) in [5.74, 6) is -0.573. The van der Waals surface area contributed by atoms with Crippen LogP contribution >= 0.6 is 0 Å². The zero-order valence-electron chi connectivity index (χ0n) is 10.2. The summed E-state index contributed by atoms with van der Waals surface area (Å²) in [6, 6.07) is 10.3. The number of esters is 1. The number of aromatic nitrogens is 2. The minimum absolute atomic E-state index is 0.0619. The van der Waals surface area contributed by atoms with E-state index in [0.717, 1.165) is 10.2 Å². The van der Waals surface area contributed by atoms with Gasteiger partial charge < -0.3 is 10.5 Å². The Kier molecular flexibility index (Phi) is 3.92. The maximum atomic E-state index is 11.6. The van der Waals surface area contributed by atoms with E-state index in [1.807, 2.05) is 30.3 Å². The lowest BCUT2D eigenvalue weighted by molar-refractivity contribution is 0.0502. The summed E-state index contributed by atoms with van der Waals surface area (Å²) in [5.41, 5.74) is 6.16. The summed E-state index contributed by atoms with van der Waals surface area (Å²) in [6.07, 6.45) is 1.94. The fraction of sp³-hybridized carbons (Fsp3) is 0.154. The molecule has 2 N–H and O–H groups in total. The third-order valence-corrected chi connectivity index (χ3v) is 2.49. The number of ether oxygens (including phenoxy) is 1. The smallest absolute Gasteiger partial charge is 0.358 e. The summed E-state index contributed by atoms with van der Waals surface area (Å²) in [4.78, 5) is 22.4. The Morgan fingerprint density at radius 1 is 1.21 bits per heavy atom. The van der Waals surface area contributed by atoms with Crippen molar-refractivity contribution in [3.8, 4) is 0 Å². The highest BCUT2D eigenvalue weighted by molar-refractivity contribution is 5.87. The largest absolute Gasteiger partial charge is 0.461 e. The molecular weight excluding hydrogens is 246 g/mol. The normalized spacial score (nSPS) is 10.1. The lowest BCUT2D eigenvalue weighted by atomic mass is 10.2.